The third kappa shape index (κ3) is 5.69. The van der Waals surface area contributed by atoms with Gasteiger partial charge in [0.25, 0.3) is 0 Å². The molecule has 0 radical (unpaired) electrons. The van der Waals surface area contributed by atoms with Crippen molar-refractivity contribution in [3.63, 3.8) is 0 Å². The number of ketones is 1. The standard InChI is InChI=1S/C17H31NO4/c1-12(2)15-10-14(5)18(17(15)20)6-7-21-8-9-22-11-16(19)13(3)4/h12-15H,6-11H2,1-5H3. The molecule has 0 aromatic heterocycles. The number of carbonyl (C=O) groups excluding carboxylic acids is 2. The normalized spacial score (nSPS) is 22.1. The van der Waals surface area contributed by atoms with Crippen LogP contribution in [0, 0.1) is 17.8 Å². The van der Waals surface area contributed by atoms with Gasteiger partial charge < -0.3 is 14.4 Å². The zero-order chi connectivity index (χ0) is 16.7. The van der Waals surface area contributed by atoms with Crippen LogP contribution in [0.25, 0.3) is 0 Å². The molecule has 1 aliphatic rings. The first-order valence-electron chi connectivity index (χ1n) is 8.33. The van der Waals surface area contributed by atoms with E-state index in [4.69, 9.17) is 9.47 Å². The fourth-order valence-electron chi connectivity index (χ4n) is 2.64. The molecule has 22 heavy (non-hydrogen) atoms. The Hall–Kier alpha value is -0.940. The van der Waals surface area contributed by atoms with E-state index in [1.54, 1.807) is 0 Å². The minimum Gasteiger partial charge on any atom is -0.377 e. The molecular formula is C17H31NO4. The lowest BCUT2D eigenvalue weighted by Gasteiger charge is -2.22. The highest BCUT2D eigenvalue weighted by atomic mass is 16.5. The molecular weight excluding hydrogens is 282 g/mol. The summed E-state index contributed by atoms with van der Waals surface area (Å²) in [7, 11) is 0. The van der Waals surface area contributed by atoms with Crippen LogP contribution in [0.4, 0.5) is 0 Å². The van der Waals surface area contributed by atoms with Crippen molar-refractivity contribution in [3.05, 3.63) is 0 Å². The largest absolute Gasteiger partial charge is 0.377 e. The maximum Gasteiger partial charge on any atom is 0.226 e. The molecule has 1 amide bonds. The van der Waals surface area contributed by atoms with Gasteiger partial charge in [0.1, 0.15) is 6.61 Å². The summed E-state index contributed by atoms with van der Waals surface area (Å²) in [5.41, 5.74) is 0. The first-order chi connectivity index (χ1) is 10.3. The Kier molecular flexibility index (Phi) is 8.04. The summed E-state index contributed by atoms with van der Waals surface area (Å²) in [6.45, 7) is 12.2. The molecule has 1 rings (SSSR count). The summed E-state index contributed by atoms with van der Waals surface area (Å²) < 4.78 is 10.8. The Morgan fingerprint density at radius 1 is 1.18 bits per heavy atom. The predicted molar refractivity (Wildman–Crippen MR) is 85.6 cm³/mol. The second-order valence-electron chi connectivity index (χ2n) is 6.75. The number of amides is 1. The van der Waals surface area contributed by atoms with Gasteiger partial charge >= 0.3 is 0 Å². The average Bonchev–Trinajstić information content (AvgIpc) is 2.73. The second kappa shape index (κ2) is 9.26. The minimum atomic E-state index is 0.0116. The van der Waals surface area contributed by atoms with Crippen LogP contribution >= 0.6 is 0 Å². The Morgan fingerprint density at radius 2 is 1.82 bits per heavy atom. The topological polar surface area (TPSA) is 55.8 Å². The van der Waals surface area contributed by atoms with Crippen LogP contribution in [-0.2, 0) is 19.1 Å². The van der Waals surface area contributed by atoms with Crippen LogP contribution in [0.1, 0.15) is 41.0 Å². The van der Waals surface area contributed by atoms with Crippen molar-refractivity contribution < 1.29 is 19.1 Å². The average molecular weight is 313 g/mol. The SMILES string of the molecule is CC(C)C(=O)COCCOCCN1C(=O)C(C(C)C)CC1C. The lowest BCUT2D eigenvalue weighted by molar-refractivity contribution is -0.134. The molecule has 0 aliphatic carbocycles. The van der Waals surface area contributed by atoms with Crippen LogP contribution in [0.3, 0.4) is 0 Å². The lowest BCUT2D eigenvalue weighted by Crippen LogP contribution is -2.36. The summed E-state index contributed by atoms with van der Waals surface area (Å²) >= 11 is 0. The van der Waals surface area contributed by atoms with Gasteiger partial charge in [-0.3, -0.25) is 9.59 Å². The van der Waals surface area contributed by atoms with Gasteiger partial charge in [-0.1, -0.05) is 27.7 Å². The predicted octanol–water partition coefficient (Wildman–Crippen LogP) is 2.14. The fraction of sp³-hybridized carbons (Fsp3) is 0.882. The lowest BCUT2D eigenvalue weighted by atomic mass is 9.93. The molecule has 0 saturated carbocycles. The number of ether oxygens (including phenoxy) is 2. The Morgan fingerprint density at radius 3 is 2.36 bits per heavy atom. The third-order valence-corrected chi connectivity index (χ3v) is 4.27. The monoisotopic (exact) mass is 313 g/mol. The van der Waals surface area contributed by atoms with E-state index in [-0.39, 0.29) is 30.1 Å². The van der Waals surface area contributed by atoms with Crippen molar-refractivity contribution >= 4 is 11.7 Å². The van der Waals surface area contributed by atoms with Crippen LogP contribution in [0.15, 0.2) is 0 Å². The maximum absolute atomic E-state index is 12.3. The summed E-state index contributed by atoms with van der Waals surface area (Å²) in [4.78, 5) is 25.5. The molecule has 2 atom stereocenters. The quantitative estimate of drug-likeness (QED) is 0.580. The van der Waals surface area contributed by atoms with Crippen molar-refractivity contribution in [2.45, 2.75) is 47.1 Å². The number of carbonyl (C=O) groups is 2. The van der Waals surface area contributed by atoms with Gasteiger partial charge in [-0.05, 0) is 19.3 Å². The highest BCUT2D eigenvalue weighted by molar-refractivity contribution is 5.82. The number of hydrogen-bond donors (Lipinski definition) is 0. The number of rotatable bonds is 10. The molecule has 1 aliphatic heterocycles. The summed E-state index contributed by atoms with van der Waals surface area (Å²) in [5, 5.41) is 0. The molecule has 128 valence electrons. The van der Waals surface area contributed by atoms with Crippen LogP contribution in [0.2, 0.25) is 0 Å². The van der Waals surface area contributed by atoms with Crippen LogP contribution in [0.5, 0.6) is 0 Å². The fourth-order valence-corrected chi connectivity index (χ4v) is 2.64. The van der Waals surface area contributed by atoms with E-state index in [2.05, 4.69) is 20.8 Å². The zero-order valence-electron chi connectivity index (χ0n) is 14.6. The van der Waals surface area contributed by atoms with Crippen LogP contribution < -0.4 is 0 Å². The molecule has 1 fully saturated rings. The molecule has 0 N–H and O–H groups in total. The molecule has 1 saturated heterocycles. The third-order valence-electron chi connectivity index (χ3n) is 4.27. The molecule has 5 heteroatoms. The molecule has 0 aromatic rings. The van der Waals surface area contributed by atoms with Crippen molar-refractivity contribution in [2.75, 3.05) is 33.0 Å². The highest BCUT2D eigenvalue weighted by Crippen LogP contribution is 2.29. The maximum atomic E-state index is 12.3. The van der Waals surface area contributed by atoms with Gasteiger partial charge in [-0.15, -0.1) is 0 Å². The molecule has 0 aromatic carbocycles. The van der Waals surface area contributed by atoms with Gasteiger partial charge in [0, 0.05) is 24.4 Å². The smallest absolute Gasteiger partial charge is 0.226 e. The van der Waals surface area contributed by atoms with Crippen molar-refractivity contribution in [3.8, 4) is 0 Å². The van der Waals surface area contributed by atoms with Gasteiger partial charge in [-0.2, -0.15) is 0 Å². The first kappa shape index (κ1) is 19.1. The van der Waals surface area contributed by atoms with Crippen LogP contribution in [-0.4, -0.2) is 55.6 Å². The highest BCUT2D eigenvalue weighted by Gasteiger charge is 2.38. The Labute approximate surface area is 134 Å². The van der Waals surface area contributed by atoms with E-state index in [0.29, 0.717) is 38.3 Å². The number of Topliss-reactive ketones (excluding diaryl/α,β-unsaturated/α-hetero) is 1. The minimum absolute atomic E-state index is 0.0116. The zero-order valence-corrected chi connectivity index (χ0v) is 14.6. The van der Waals surface area contributed by atoms with E-state index in [1.165, 1.54) is 0 Å². The van der Waals surface area contributed by atoms with Crippen molar-refractivity contribution in [2.24, 2.45) is 17.8 Å². The van der Waals surface area contributed by atoms with E-state index in [1.807, 2.05) is 18.7 Å². The number of hydrogen-bond acceptors (Lipinski definition) is 4. The van der Waals surface area contributed by atoms with Gasteiger partial charge in [0.15, 0.2) is 5.78 Å². The summed E-state index contributed by atoms with van der Waals surface area (Å²) in [5.74, 6) is 0.923. The number of nitrogens with zero attached hydrogens (tertiary/aromatic N) is 1. The Balaban J connectivity index is 2.12. The molecule has 2 unspecified atom stereocenters. The first-order valence-corrected chi connectivity index (χ1v) is 8.33. The second-order valence-corrected chi connectivity index (χ2v) is 6.75. The molecule has 0 bridgehead atoms. The van der Waals surface area contributed by atoms with Gasteiger partial charge in [0.05, 0.1) is 19.8 Å². The van der Waals surface area contributed by atoms with E-state index in [9.17, 15) is 9.59 Å². The van der Waals surface area contributed by atoms with E-state index >= 15 is 0 Å². The van der Waals surface area contributed by atoms with E-state index < -0.39 is 0 Å². The summed E-state index contributed by atoms with van der Waals surface area (Å²) in [6.07, 6.45) is 0.941. The van der Waals surface area contributed by atoms with Crippen molar-refractivity contribution in [1.82, 2.24) is 4.90 Å². The molecule has 0 spiro atoms. The molecule has 1 heterocycles. The number of likely N-dealkylation sites (tertiary alicyclic amines) is 1. The van der Waals surface area contributed by atoms with E-state index in [0.717, 1.165) is 6.42 Å². The van der Waals surface area contributed by atoms with Gasteiger partial charge in [0.2, 0.25) is 5.91 Å². The summed E-state index contributed by atoms with van der Waals surface area (Å²) in [6, 6.07) is 0.295. The molecule has 5 nitrogen and oxygen atoms in total. The van der Waals surface area contributed by atoms with Gasteiger partial charge in [-0.25, -0.2) is 0 Å². The Bertz CT molecular complexity index is 368. The van der Waals surface area contributed by atoms with Crippen molar-refractivity contribution in [1.29, 1.82) is 0 Å².